The van der Waals surface area contributed by atoms with Gasteiger partial charge < -0.3 is 15.5 Å². The van der Waals surface area contributed by atoms with Crippen molar-refractivity contribution in [2.75, 3.05) is 30.8 Å². The number of rotatable bonds is 7. The van der Waals surface area contributed by atoms with Crippen molar-refractivity contribution in [2.24, 2.45) is 0 Å². The predicted octanol–water partition coefficient (Wildman–Crippen LogP) is 2.41. The fraction of sp³-hybridized carbons (Fsp3) is 0.300. The molecule has 2 aromatic rings. The Kier molecular flexibility index (Phi) is 7.36. The quantitative estimate of drug-likeness (QED) is 0.646. The number of benzene rings is 2. The third kappa shape index (κ3) is 5.68. The van der Waals surface area contributed by atoms with Crippen molar-refractivity contribution in [3.8, 4) is 0 Å². The number of quaternary nitrogens is 1. The summed E-state index contributed by atoms with van der Waals surface area (Å²) in [6.07, 6.45) is 0.856. The van der Waals surface area contributed by atoms with Crippen LogP contribution in [0.5, 0.6) is 0 Å². The van der Waals surface area contributed by atoms with Gasteiger partial charge >= 0.3 is 0 Å². The molecule has 0 aliphatic heterocycles. The van der Waals surface area contributed by atoms with Gasteiger partial charge in [-0.05, 0) is 52.5 Å². The predicted molar refractivity (Wildman–Crippen MR) is 109 cm³/mol. The molecule has 2 rings (SSSR count). The monoisotopic (exact) mass is 418 g/mol. The summed E-state index contributed by atoms with van der Waals surface area (Å²) in [6, 6.07) is 13.4. The molecule has 0 aliphatic rings. The molecule has 3 N–H and O–H groups in total. The van der Waals surface area contributed by atoms with E-state index in [-0.39, 0.29) is 24.9 Å². The first kappa shape index (κ1) is 20.1. The van der Waals surface area contributed by atoms with Crippen LogP contribution in [-0.4, -0.2) is 32.0 Å². The van der Waals surface area contributed by atoms with Crippen LogP contribution in [0.4, 0.5) is 11.4 Å². The van der Waals surface area contributed by atoms with E-state index in [4.69, 9.17) is 0 Å². The molecule has 0 aliphatic carbocycles. The zero-order valence-corrected chi connectivity index (χ0v) is 16.9. The van der Waals surface area contributed by atoms with Crippen molar-refractivity contribution in [3.05, 3.63) is 58.1 Å². The number of hydrogen-bond acceptors (Lipinski definition) is 2. The summed E-state index contributed by atoms with van der Waals surface area (Å²) in [5.41, 5.74) is 3.76. The number of amides is 2. The molecule has 0 fully saturated rings. The van der Waals surface area contributed by atoms with Gasteiger partial charge in [0.15, 0.2) is 13.1 Å². The zero-order valence-electron chi connectivity index (χ0n) is 15.4. The average Bonchev–Trinajstić information content (AvgIpc) is 2.58. The van der Waals surface area contributed by atoms with Crippen molar-refractivity contribution in [1.29, 1.82) is 0 Å². The van der Waals surface area contributed by atoms with Crippen LogP contribution in [0.15, 0.2) is 46.9 Å². The Bertz CT molecular complexity index is 792. The van der Waals surface area contributed by atoms with Crippen molar-refractivity contribution < 1.29 is 14.5 Å². The van der Waals surface area contributed by atoms with E-state index < -0.39 is 0 Å². The lowest BCUT2D eigenvalue weighted by molar-refractivity contribution is -0.862. The van der Waals surface area contributed by atoms with Crippen LogP contribution in [0.1, 0.15) is 18.1 Å². The van der Waals surface area contributed by atoms with Gasteiger partial charge in [0.25, 0.3) is 11.8 Å². The zero-order chi connectivity index (χ0) is 19.1. The van der Waals surface area contributed by atoms with Crippen molar-refractivity contribution in [1.82, 2.24) is 0 Å². The van der Waals surface area contributed by atoms with Gasteiger partial charge in [-0.1, -0.05) is 37.3 Å². The summed E-state index contributed by atoms with van der Waals surface area (Å²) in [4.78, 5) is 25.4. The molecule has 5 nitrogen and oxygen atoms in total. The highest BCUT2D eigenvalue weighted by atomic mass is 79.9. The molecule has 0 heterocycles. The summed E-state index contributed by atoms with van der Waals surface area (Å²) in [5.74, 6) is -0.229. The lowest BCUT2D eigenvalue weighted by atomic mass is 10.1. The number of carbonyl (C=O) groups is 2. The molecular formula is C20H25BrN3O2+. The summed E-state index contributed by atoms with van der Waals surface area (Å²) in [5, 5.41) is 5.85. The third-order valence-electron chi connectivity index (χ3n) is 4.08. The number of nitrogens with one attached hydrogen (secondary N) is 3. The Hall–Kier alpha value is -2.18. The van der Waals surface area contributed by atoms with E-state index >= 15 is 0 Å². The first-order chi connectivity index (χ1) is 12.4. The number of likely N-dealkylation sites (N-methyl/N-ethyl adjacent to an activating group) is 1. The molecule has 6 heteroatoms. The van der Waals surface area contributed by atoms with E-state index in [2.05, 4.69) is 33.5 Å². The second-order valence-electron chi connectivity index (χ2n) is 6.35. The maximum atomic E-state index is 12.4. The second kappa shape index (κ2) is 9.50. The highest BCUT2D eigenvalue weighted by Crippen LogP contribution is 2.21. The Morgan fingerprint density at radius 3 is 2.31 bits per heavy atom. The average molecular weight is 419 g/mol. The molecule has 1 atom stereocenters. The SMILES string of the molecule is CCc1cccc(C)c1NC(=O)C[NH+](C)CC(=O)Nc1ccccc1Br. The van der Waals surface area contributed by atoms with Crippen molar-refractivity contribution in [3.63, 3.8) is 0 Å². The van der Waals surface area contributed by atoms with Gasteiger partial charge in [-0.2, -0.15) is 0 Å². The van der Waals surface area contributed by atoms with Gasteiger partial charge in [0.05, 0.1) is 12.7 Å². The first-order valence-corrected chi connectivity index (χ1v) is 9.44. The van der Waals surface area contributed by atoms with Crippen LogP contribution >= 0.6 is 15.9 Å². The highest BCUT2D eigenvalue weighted by molar-refractivity contribution is 9.10. The molecule has 0 radical (unpaired) electrons. The van der Waals surface area contributed by atoms with E-state index in [1.807, 2.05) is 56.4 Å². The number of aryl methyl sites for hydroxylation is 2. The lowest BCUT2D eigenvalue weighted by Crippen LogP contribution is -3.11. The molecule has 2 aromatic carbocycles. The lowest BCUT2D eigenvalue weighted by Gasteiger charge is -2.16. The van der Waals surface area contributed by atoms with Crippen molar-refractivity contribution in [2.45, 2.75) is 20.3 Å². The smallest absolute Gasteiger partial charge is 0.279 e. The second-order valence-corrected chi connectivity index (χ2v) is 7.20. The molecule has 0 spiro atoms. The first-order valence-electron chi connectivity index (χ1n) is 8.64. The minimum Gasteiger partial charge on any atom is -0.322 e. The normalized spacial score (nSPS) is 11.7. The van der Waals surface area contributed by atoms with Crippen molar-refractivity contribution >= 4 is 39.1 Å². The molecule has 26 heavy (non-hydrogen) atoms. The molecule has 0 aromatic heterocycles. The van der Waals surface area contributed by atoms with E-state index in [9.17, 15) is 9.59 Å². The Morgan fingerprint density at radius 1 is 1.00 bits per heavy atom. The van der Waals surface area contributed by atoms with Crippen LogP contribution in [0, 0.1) is 6.92 Å². The number of para-hydroxylation sites is 2. The Labute approximate surface area is 162 Å². The molecular weight excluding hydrogens is 394 g/mol. The fourth-order valence-electron chi connectivity index (χ4n) is 2.75. The van der Waals surface area contributed by atoms with Gasteiger partial charge in [-0.15, -0.1) is 0 Å². The topological polar surface area (TPSA) is 62.6 Å². The van der Waals surface area contributed by atoms with E-state index in [0.717, 1.165) is 38.3 Å². The van der Waals surface area contributed by atoms with Gasteiger partial charge in [0.2, 0.25) is 0 Å². The summed E-state index contributed by atoms with van der Waals surface area (Å²) >= 11 is 3.40. The van der Waals surface area contributed by atoms with E-state index in [0.29, 0.717) is 0 Å². The van der Waals surface area contributed by atoms with Crippen LogP contribution in [0.3, 0.4) is 0 Å². The number of halogens is 1. The molecule has 1 unspecified atom stereocenters. The highest BCUT2D eigenvalue weighted by Gasteiger charge is 2.16. The van der Waals surface area contributed by atoms with E-state index in [1.165, 1.54) is 0 Å². The number of carbonyl (C=O) groups excluding carboxylic acids is 2. The Morgan fingerprint density at radius 2 is 1.65 bits per heavy atom. The Balaban J connectivity index is 1.89. The standard InChI is InChI=1S/C20H24BrN3O2/c1-4-15-9-7-8-14(2)20(15)23-19(26)13-24(3)12-18(25)22-17-11-6-5-10-16(17)21/h5-11H,4,12-13H2,1-3H3,(H,22,25)(H,23,26)/p+1. The molecule has 2 amide bonds. The molecule has 0 saturated heterocycles. The molecule has 0 bridgehead atoms. The minimum atomic E-state index is -0.132. The number of hydrogen-bond donors (Lipinski definition) is 3. The molecule has 138 valence electrons. The maximum absolute atomic E-state index is 12.4. The van der Waals surface area contributed by atoms with Gasteiger partial charge in [-0.3, -0.25) is 9.59 Å². The van der Waals surface area contributed by atoms with E-state index in [1.54, 1.807) is 0 Å². The van der Waals surface area contributed by atoms with Gasteiger partial charge in [0, 0.05) is 10.2 Å². The van der Waals surface area contributed by atoms with Crippen LogP contribution in [-0.2, 0) is 16.0 Å². The third-order valence-corrected chi connectivity index (χ3v) is 4.77. The maximum Gasteiger partial charge on any atom is 0.279 e. The summed E-state index contributed by atoms with van der Waals surface area (Å²) in [7, 11) is 1.83. The van der Waals surface area contributed by atoms with Crippen LogP contribution in [0.2, 0.25) is 0 Å². The summed E-state index contributed by atoms with van der Waals surface area (Å²) in [6.45, 7) is 4.48. The fourth-order valence-corrected chi connectivity index (χ4v) is 3.14. The largest absolute Gasteiger partial charge is 0.322 e. The summed E-state index contributed by atoms with van der Waals surface area (Å²) < 4.78 is 0.829. The minimum absolute atomic E-state index is 0.0970. The molecule has 0 saturated carbocycles. The van der Waals surface area contributed by atoms with Gasteiger partial charge in [0.1, 0.15) is 0 Å². The number of anilines is 2. The van der Waals surface area contributed by atoms with Crippen LogP contribution < -0.4 is 15.5 Å². The van der Waals surface area contributed by atoms with Gasteiger partial charge in [-0.25, -0.2) is 0 Å². The van der Waals surface area contributed by atoms with Crippen LogP contribution in [0.25, 0.3) is 0 Å².